The second kappa shape index (κ2) is 9.64. The van der Waals surface area contributed by atoms with Crippen LogP contribution in [0.3, 0.4) is 0 Å². The zero-order chi connectivity index (χ0) is 23.3. The maximum Gasteiger partial charge on any atom is 0.352 e. The fourth-order valence-electron chi connectivity index (χ4n) is 2.54. The van der Waals surface area contributed by atoms with Crippen LogP contribution in [0.5, 0.6) is 0 Å². The molecule has 1 amide bonds. The third kappa shape index (κ3) is 5.74. The van der Waals surface area contributed by atoms with Crippen molar-refractivity contribution in [1.29, 1.82) is 0 Å². The molecule has 0 aliphatic carbocycles. The number of rotatable bonds is 5. The fourth-order valence-corrected chi connectivity index (χ4v) is 2.54. The van der Waals surface area contributed by atoms with Crippen molar-refractivity contribution in [3.8, 4) is 0 Å². The summed E-state index contributed by atoms with van der Waals surface area (Å²) in [5, 5.41) is 8.90. The van der Waals surface area contributed by atoms with E-state index in [1.165, 1.54) is 11.3 Å². The molecule has 0 unspecified atom stereocenters. The predicted molar refractivity (Wildman–Crippen MR) is 96.2 cm³/mol. The van der Waals surface area contributed by atoms with Crippen LogP contribution in [0.25, 0.3) is 0 Å². The van der Waals surface area contributed by atoms with Crippen LogP contribution in [0.15, 0.2) is 16.7 Å². The highest BCUT2D eigenvalue weighted by molar-refractivity contribution is 5.94. The summed E-state index contributed by atoms with van der Waals surface area (Å²) >= 11 is 0. The summed E-state index contributed by atoms with van der Waals surface area (Å²) in [6.45, 7) is 2.22. The van der Waals surface area contributed by atoms with Crippen LogP contribution in [-0.2, 0) is 38.1 Å². The molecular weight excluding hydrogens is 420 g/mol. The van der Waals surface area contributed by atoms with E-state index in [0.29, 0.717) is 0 Å². The van der Waals surface area contributed by atoms with E-state index >= 15 is 0 Å². The molecular formula is C16H20N6O9. The summed E-state index contributed by atoms with van der Waals surface area (Å²) in [6, 6.07) is 0. The van der Waals surface area contributed by atoms with Crippen LogP contribution in [-0.4, -0.2) is 83.3 Å². The molecule has 3 heterocycles. The van der Waals surface area contributed by atoms with E-state index in [4.69, 9.17) is 24.7 Å². The number of nitrogens with two attached hydrogens (primary N) is 1. The summed E-state index contributed by atoms with van der Waals surface area (Å²) in [4.78, 5) is 61.6. The zero-order valence-electron chi connectivity index (χ0n) is 16.9. The Morgan fingerprint density at radius 1 is 1.06 bits per heavy atom. The van der Waals surface area contributed by atoms with Crippen LogP contribution in [0, 0.1) is 0 Å². The van der Waals surface area contributed by atoms with Gasteiger partial charge in [-0.3, -0.25) is 19.4 Å². The summed E-state index contributed by atoms with van der Waals surface area (Å²) in [7, 11) is 3.42. The van der Waals surface area contributed by atoms with Gasteiger partial charge in [0, 0.05) is 27.9 Å². The largest absolute Gasteiger partial charge is 0.451 e. The summed E-state index contributed by atoms with van der Waals surface area (Å²) in [6.07, 6.45) is -3.42. The SMILES string of the molecule is CC(=O)O[C@@H]1C(=O)O[C@@H]2[C@H]1OC(=O)[C@@H]2OC(C)=O.CN(C)/N=N/c1[nH]cnc1C(N)=O. The van der Waals surface area contributed by atoms with Crippen molar-refractivity contribution in [1.82, 2.24) is 15.0 Å². The lowest BCUT2D eigenvalue weighted by atomic mass is 10.1. The van der Waals surface area contributed by atoms with E-state index in [-0.39, 0.29) is 11.5 Å². The van der Waals surface area contributed by atoms with E-state index in [9.17, 15) is 24.0 Å². The molecule has 0 spiro atoms. The molecule has 31 heavy (non-hydrogen) atoms. The lowest BCUT2D eigenvalue weighted by molar-refractivity contribution is -0.173. The Morgan fingerprint density at radius 2 is 1.55 bits per heavy atom. The number of nitrogens with one attached hydrogen (secondary N) is 1. The topological polar surface area (TPSA) is 205 Å². The standard InChI is InChI=1S/C10H10O8.C6H10N6O/c1-3(11)15-7-5-6(18-9(7)13)8(10(14)17-5)16-4(2)12;1-12(2)11-10-6-4(5(7)13)8-3-9-6/h5-8H,1-2H3;3H,1-2H3,(H2,7,13)(H,8,9)/b;11-10+/t5-,6-,7-,8+;/m1./s1. The van der Waals surface area contributed by atoms with Gasteiger partial charge < -0.3 is 29.7 Å². The average molecular weight is 440 g/mol. The van der Waals surface area contributed by atoms with Gasteiger partial charge >= 0.3 is 23.9 Å². The number of aromatic nitrogens is 2. The second-order valence-electron chi connectivity index (χ2n) is 6.36. The van der Waals surface area contributed by atoms with Crippen LogP contribution in [0.4, 0.5) is 5.82 Å². The van der Waals surface area contributed by atoms with Crippen molar-refractivity contribution < 1.29 is 42.9 Å². The summed E-state index contributed by atoms with van der Waals surface area (Å²) in [5.74, 6) is -3.43. The first-order valence-electron chi connectivity index (χ1n) is 8.68. The van der Waals surface area contributed by atoms with Gasteiger partial charge in [-0.25, -0.2) is 14.6 Å². The highest BCUT2D eigenvalue weighted by atomic mass is 16.7. The van der Waals surface area contributed by atoms with E-state index in [1.807, 2.05) is 0 Å². The summed E-state index contributed by atoms with van der Waals surface area (Å²) in [5.41, 5.74) is 5.12. The van der Waals surface area contributed by atoms with Gasteiger partial charge in [-0.05, 0) is 0 Å². The molecule has 2 aliphatic heterocycles. The number of primary amides is 1. The number of hydrogen-bond donors (Lipinski definition) is 2. The van der Waals surface area contributed by atoms with E-state index in [2.05, 4.69) is 20.3 Å². The molecule has 0 bridgehead atoms. The Bertz CT molecular complexity index is 871. The predicted octanol–water partition coefficient (Wildman–Crippen LogP) is -1.23. The van der Waals surface area contributed by atoms with Crippen LogP contribution >= 0.6 is 0 Å². The molecule has 2 fully saturated rings. The third-order valence-electron chi connectivity index (χ3n) is 3.65. The van der Waals surface area contributed by atoms with Crippen molar-refractivity contribution in [2.24, 2.45) is 16.1 Å². The molecule has 1 aromatic rings. The first-order valence-corrected chi connectivity index (χ1v) is 8.68. The molecule has 4 atom stereocenters. The number of fused-ring (bicyclic) bond motifs is 1. The molecule has 3 rings (SSSR count). The van der Waals surface area contributed by atoms with Gasteiger partial charge in [0.15, 0.2) is 23.7 Å². The molecule has 0 saturated carbocycles. The molecule has 2 saturated heterocycles. The van der Waals surface area contributed by atoms with Gasteiger partial charge in [-0.2, -0.15) is 0 Å². The first kappa shape index (κ1) is 23.2. The molecule has 168 valence electrons. The Balaban J connectivity index is 0.000000233. The number of esters is 4. The Kier molecular flexibility index (Phi) is 7.23. The normalized spacial score (nSPS) is 23.9. The highest BCUT2D eigenvalue weighted by Crippen LogP contribution is 2.32. The van der Waals surface area contributed by atoms with Gasteiger partial charge in [0.05, 0.1) is 6.33 Å². The lowest BCUT2D eigenvalue weighted by Crippen LogP contribution is -2.36. The number of nitrogens with zero attached hydrogens (tertiary/aromatic N) is 4. The number of carbonyl (C=O) groups is 5. The minimum atomic E-state index is -1.31. The Morgan fingerprint density at radius 3 is 1.94 bits per heavy atom. The quantitative estimate of drug-likeness (QED) is 0.240. The first-order chi connectivity index (χ1) is 14.5. The second-order valence-corrected chi connectivity index (χ2v) is 6.36. The maximum absolute atomic E-state index is 11.4. The zero-order valence-corrected chi connectivity index (χ0v) is 16.9. The van der Waals surface area contributed by atoms with Crippen molar-refractivity contribution >= 4 is 35.6 Å². The number of amides is 1. The molecule has 15 nitrogen and oxygen atoms in total. The van der Waals surface area contributed by atoms with E-state index < -0.39 is 54.2 Å². The fraction of sp³-hybridized carbons (Fsp3) is 0.500. The maximum atomic E-state index is 11.4. The van der Waals surface area contributed by atoms with Crippen molar-refractivity contribution in [3.63, 3.8) is 0 Å². The van der Waals surface area contributed by atoms with Gasteiger partial charge in [0.1, 0.15) is 0 Å². The Labute approximate surface area is 174 Å². The number of imidazole rings is 1. The van der Waals surface area contributed by atoms with Crippen LogP contribution in [0.1, 0.15) is 24.3 Å². The Hall–Kier alpha value is -4.04. The smallest absolute Gasteiger partial charge is 0.352 e. The third-order valence-corrected chi connectivity index (χ3v) is 3.65. The van der Waals surface area contributed by atoms with Crippen molar-refractivity contribution in [3.05, 3.63) is 12.0 Å². The molecule has 0 aromatic carbocycles. The minimum absolute atomic E-state index is 0.0885. The molecule has 1 aromatic heterocycles. The van der Waals surface area contributed by atoms with Crippen molar-refractivity contribution in [2.75, 3.05) is 14.1 Å². The van der Waals surface area contributed by atoms with Gasteiger partial charge in [0.25, 0.3) is 5.91 Å². The van der Waals surface area contributed by atoms with Gasteiger partial charge in [-0.1, -0.05) is 5.22 Å². The minimum Gasteiger partial charge on any atom is -0.451 e. The number of hydrogen-bond acceptors (Lipinski definition) is 12. The molecule has 0 radical (unpaired) electrons. The lowest BCUT2D eigenvalue weighted by Gasteiger charge is -2.12. The number of ether oxygens (including phenoxy) is 4. The number of carbonyl (C=O) groups excluding carboxylic acids is 5. The number of aromatic amines is 1. The van der Waals surface area contributed by atoms with E-state index in [0.717, 1.165) is 13.8 Å². The highest BCUT2D eigenvalue weighted by Gasteiger charge is 2.61. The average Bonchev–Trinajstić information content (AvgIpc) is 3.32. The molecule has 2 aliphatic rings. The van der Waals surface area contributed by atoms with Crippen LogP contribution in [0.2, 0.25) is 0 Å². The monoisotopic (exact) mass is 440 g/mol. The van der Waals surface area contributed by atoms with E-state index in [1.54, 1.807) is 14.1 Å². The van der Waals surface area contributed by atoms with Crippen LogP contribution < -0.4 is 5.73 Å². The number of H-pyrrole nitrogens is 1. The van der Waals surface area contributed by atoms with Gasteiger partial charge in [0.2, 0.25) is 12.2 Å². The molecule has 3 N–H and O–H groups in total. The van der Waals surface area contributed by atoms with Crippen molar-refractivity contribution in [2.45, 2.75) is 38.3 Å². The van der Waals surface area contributed by atoms with Gasteiger partial charge in [-0.15, -0.1) is 5.11 Å². The summed E-state index contributed by atoms with van der Waals surface area (Å²) < 4.78 is 19.1. The molecule has 15 heteroatoms.